The Morgan fingerprint density at radius 1 is 0.739 bits per heavy atom. The number of fused-ring (bicyclic) bond motifs is 3. The molecule has 3 heteroatoms. The highest BCUT2D eigenvalue weighted by atomic mass is 32.1. The minimum atomic E-state index is 0.787. The number of thiophene rings is 1. The lowest BCUT2D eigenvalue weighted by molar-refractivity contribution is 0.309. The highest BCUT2D eigenvalue weighted by Crippen LogP contribution is 2.37. The van der Waals surface area contributed by atoms with Crippen molar-refractivity contribution in [2.45, 2.75) is 39.5 Å². The third kappa shape index (κ3) is 3.78. The van der Waals surface area contributed by atoms with Gasteiger partial charge >= 0.3 is 0 Å². The number of ether oxygens (including phenoxy) is 2. The summed E-state index contributed by atoms with van der Waals surface area (Å²) in [5.41, 5.74) is 0. The van der Waals surface area contributed by atoms with Crippen molar-refractivity contribution in [3.8, 4) is 11.5 Å². The van der Waals surface area contributed by atoms with Crippen molar-refractivity contribution in [1.82, 2.24) is 0 Å². The fraction of sp³-hybridized carbons (Fsp3) is 0.400. The van der Waals surface area contributed by atoms with E-state index in [1.165, 1.54) is 20.2 Å². The second kappa shape index (κ2) is 7.69. The summed E-state index contributed by atoms with van der Waals surface area (Å²) in [4.78, 5) is 0. The summed E-state index contributed by atoms with van der Waals surface area (Å²) in [5, 5.41) is 2.53. The van der Waals surface area contributed by atoms with E-state index in [1.807, 2.05) is 11.3 Å². The van der Waals surface area contributed by atoms with Crippen LogP contribution in [0.1, 0.15) is 39.5 Å². The van der Waals surface area contributed by atoms with Gasteiger partial charge in [0.2, 0.25) is 0 Å². The molecule has 0 saturated heterocycles. The summed E-state index contributed by atoms with van der Waals surface area (Å²) in [6.45, 7) is 5.93. The third-order valence-corrected chi connectivity index (χ3v) is 5.10. The first-order valence-corrected chi connectivity index (χ1v) is 9.35. The monoisotopic (exact) mass is 328 g/mol. The Morgan fingerprint density at radius 2 is 1.22 bits per heavy atom. The molecule has 122 valence electrons. The fourth-order valence-electron chi connectivity index (χ4n) is 2.58. The standard InChI is InChI=1S/C20H24O2S/c1-3-5-11-21-15-7-9-19-17(13-15)18-14-16(22-12-6-4-2)8-10-20(18)23-19/h7-10,13-14H,3-6,11-12H2,1-2H3. The van der Waals surface area contributed by atoms with Crippen molar-refractivity contribution in [1.29, 1.82) is 0 Å². The zero-order valence-corrected chi connectivity index (χ0v) is 14.7. The van der Waals surface area contributed by atoms with Crippen LogP contribution >= 0.6 is 11.3 Å². The van der Waals surface area contributed by atoms with E-state index in [2.05, 4.69) is 50.2 Å². The van der Waals surface area contributed by atoms with Gasteiger partial charge in [0.25, 0.3) is 0 Å². The number of unbranched alkanes of at least 4 members (excludes halogenated alkanes) is 2. The molecule has 0 fully saturated rings. The smallest absolute Gasteiger partial charge is 0.120 e. The predicted molar refractivity (Wildman–Crippen MR) is 100 cm³/mol. The van der Waals surface area contributed by atoms with Gasteiger partial charge in [0.05, 0.1) is 13.2 Å². The molecule has 23 heavy (non-hydrogen) atoms. The lowest BCUT2D eigenvalue weighted by atomic mass is 10.1. The molecule has 3 rings (SSSR count). The van der Waals surface area contributed by atoms with Gasteiger partial charge in [-0.05, 0) is 49.2 Å². The highest BCUT2D eigenvalue weighted by molar-refractivity contribution is 7.25. The Morgan fingerprint density at radius 3 is 1.65 bits per heavy atom. The quantitative estimate of drug-likeness (QED) is 0.445. The second-order valence-corrected chi connectivity index (χ2v) is 6.91. The topological polar surface area (TPSA) is 18.5 Å². The Bertz CT molecular complexity index is 712. The molecule has 0 aliphatic heterocycles. The predicted octanol–water partition coefficient (Wildman–Crippen LogP) is 6.41. The van der Waals surface area contributed by atoms with Gasteiger partial charge in [-0.15, -0.1) is 11.3 Å². The highest BCUT2D eigenvalue weighted by Gasteiger charge is 2.08. The van der Waals surface area contributed by atoms with Crippen LogP contribution in [-0.4, -0.2) is 13.2 Å². The molecule has 0 aliphatic carbocycles. The Labute approximate surface area is 142 Å². The maximum absolute atomic E-state index is 5.86. The zero-order valence-electron chi connectivity index (χ0n) is 13.9. The van der Waals surface area contributed by atoms with Gasteiger partial charge in [0.15, 0.2) is 0 Å². The normalized spacial score (nSPS) is 11.2. The van der Waals surface area contributed by atoms with E-state index in [4.69, 9.17) is 9.47 Å². The molecule has 0 N–H and O–H groups in total. The van der Waals surface area contributed by atoms with E-state index >= 15 is 0 Å². The van der Waals surface area contributed by atoms with Crippen LogP contribution in [-0.2, 0) is 0 Å². The van der Waals surface area contributed by atoms with Crippen molar-refractivity contribution in [3.63, 3.8) is 0 Å². The molecule has 0 atom stereocenters. The number of hydrogen-bond acceptors (Lipinski definition) is 3. The van der Waals surface area contributed by atoms with E-state index < -0.39 is 0 Å². The van der Waals surface area contributed by atoms with Gasteiger partial charge in [-0.2, -0.15) is 0 Å². The van der Waals surface area contributed by atoms with Crippen LogP contribution in [0, 0.1) is 0 Å². The van der Waals surface area contributed by atoms with Crippen molar-refractivity contribution in [3.05, 3.63) is 36.4 Å². The van der Waals surface area contributed by atoms with Crippen molar-refractivity contribution < 1.29 is 9.47 Å². The molecule has 3 aromatic rings. The lowest BCUT2D eigenvalue weighted by Crippen LogP contribution is -1.96. The molecular formula is C20H24O2S. The molecule has 2 aromatic carbocycles. The van der Waals surface area contributed by atoms with Crippen molar-refractivity contribution >= 4 is 31.5 Å². The van der Waals surface area contributed by atoms with Gasteiger partial charge in [0.1, 0.15) is 11.5 Å². The van der Waals surface area contributed by atoms with Crippen LogP contribution in [0.2, 0.25) is 0 Å². The summed E-state index contributed by atoms with van der Waals surface area (Å²) in [6.07, 6.45) is 4.50. The van der Waals surface area contributed by atoms with Crippen LogP contribution in [0.4, 0.5) is 0 Å². The van der Waals surface area contributed by atoms with Crippen LogP contribution in [0.15, 0.2) is 36.4 Å². The van der Waals surface area contributed by atoms with E-state index in [0.29, 0.717) is 0 Å². The molecule has 0 radical (unpaired) electrons. The van der Waals surface area contributed by atoms with Gasteiger partial charge in [0, 0.05) is 20.2 Å². The molecule has 1 heterocycles. The van der Waals surface area contributed by atoms with Gasteiger partial charge in [-0.25, -0.2) is 0 Å². The number of benzene rings is 2. The van der Waals surface area contributed by atoms with Crippen molar-refractivity contribution in [2.24, 2.45) is 0 Å². The van der Waals surface area contributed by atoms with E-state index in [-0.39, 0.29) is 0 Å². The first-order chi connectivity index (χ1) is 11.3. The molecule has 0 amide bonds. The SMILES string of the molecule is CCCCOc1ccc2sc3ccc(OCCCC)cc3c2c1. The summed E-state index contributed by atoms with van der Waals surface area (Å²) < 4.78 is 14.3. The van der Waals surface area contributed by atoms with E-state index in [1.54, 1.807) is 0 Å². The molecule has 0 spiro atoms. The Balaban J connectivity index is 1.89. The average molecular weight is 328 g/mol. The first-order valence-electron chi connectivity index (χ1n) is 8.53. The molecule has 1 aromatic heterocycles. The van der Waals surface area contributed by atoms with Crippen LogP contribution in [0.3, 0.4) is 0 Å². The van der Waals surface area contributed by atoms with Gasteiger partial charge in [-0.1, -0.05) is 26.7 Å². The average Bonchev–Trinajstić information content (AvgIpc) is 2.93. The van der Waals surface area contributed by atoms with E-state index in [0.717, 1.165) is 50.4 Å². The summed E-state index contributed by atoms with van der Waals surface area (Å²) in [6, 6.07) is 12.8. The third-order valence-electron chi connectivity index (χ3n) is 3.95. The summed E-state index contributed by atoms with van der Waals surface area (Å²) >= 11 is 1.82. The zero-order chi connectivity index (χ0) is 16.1. The number of hydrogen-bond donors (Lipinski definition) is 0. The Hall–Kier alpha value is -1.74. The largest absolute Gasteiger partial charge is 0.494 e. The van der Waals surface area contributed by atoms with Crippen LogP contribution < -0.4 is 9.47 Å². The van der Waals surface area contributed by atoms with Gasteiger partial charge < -0.3 is 9.47 Å². The molecule has 0 saturated carbocycles. The van der Waals surface area contributed by atoms with Crippen LogP contribution in [0.25, 0.3) is 20.2 Å². The fourth-order valence-corrected chi connectivity index (χ4v) is 3.65. The van der Waals surface area contributed by atoms with Crippen LogP contribution in [0.5, 0.6) is 11.5 Å². The molecule has 2 nitrogen and oxygen atoms in total. The molecule has 0 bridgehead atoms. The molecule has 0 unspecified atom stereocenters. The first kappa shape index (κ1) is 16.1. The second-order valence-electron chi connectivity index (χ2n) is 5.82. The summed E-state index contributed by atoms with van der Waals surface area (Å²) in [7, 11) is 0. The molecule has 0 aliphatic rings. The number of rotatable bonds is 8. The van der Waals surface area contributed by atoms with Crippen molar-refractivity contribution in [2.75, 3.05) is 13.2 Å². The van der Waals surface area contributed by atoms with Gasteiger partial charge in [-0.3, -0.25) is 0 Å². The maximum Gasteiger partial charge on any atom is 0.120 e. The maximum atomic E-state index is 5.86. The minimum absolute atomic E-state index is 0.787. The lowest BCUT2D eigenvalue weighted by Gasteiger charge is -2.06. The summed E-state index contributed by atoms with van der Waals surface area (Å²) in [5.74, 6) is 1.92. The Kier molecular flexibility index (Phi) is 5.39. The molecular weight excluding hydrogens is 304 g/mol. The minimum Gasteiger partial charge on any atom is -0.494 e. The van der Waals surface area contributed by atoms with E-state index in [9.17, 15) is 0 Å².